The van der Waals surface area contributed by atoms with Gasteiger partial charge in [0.1, 0.15) is 0 Å². The first-order chi connectivity index (χ1) is 7.33. The SMILES string of the molecule is CCONCC(O)COCc1cccs1. The van der Waals surface area contributed by atoms with E-state index in [0.29, 0.717) is 26.4 Å². The van der Waals surface area contributed by atoms with Crippen molar-refractivity contribution in [3.05, 3.63) is 22.4 Å². The van der Waals surface area contributed by atoms with Gasteiger partial charge in [0.05, 0.1) is 25.9 Å². The van der Waals surface area contributed by atoms with E-state index in [4.69, 9.17) is 9.57 Å². The molecule has 0 aliphatic carbocycles. The summed E-state index contributed by atoms with van der Waals surface area (Å²) in [4.78, 5) is 6.06. The van der Waals surface area contributed by atoms with Crippen molar-refractivity contribution in [3.8, 4) is 0 Å². The van der Waals surface area contributed by atoms with Crippen molar-refractivity contribution >= 4 is 11.3 Å². The van der Waals surface area contributed by atoms with Gasteiger partial charge in [-0.2, -0.15) is 5.48 Å². The van der Waals surface area contributed by atoms with Crippen LogP contribution in [-0.2, 0) is 16.2 Å². The third kappa shape index (κ3) is 5.86. The van der Waals surface area contributed by atoms with Crippen molar-refractivity contribution in [1.82, 2.24) is 5.48 Å². The first-order valence-electron chi connectivity index (χ1n) is 4.95. The van der Waals surface area contributed by atoms with Crippen LogP contribution >= 0.6 is 11.3 Å². The molecule has 0 saturated carbocycles. The molecule has 0 radical (unpaired) electrons. The zero-order chi connectivity index (χ0) is 10.9. The van der Waals surface area contributed by atoms with Crippen LogP contribution in [0.15, 0.2) is 17.5 Å². The zero-order valence-corrected chi connectivity index (χ0v) is 9.63. The average molecular weight is 231 g/mol. The van der Waals surface area contributed by atoms with E-state index < -0.39 is 6.10 Å². The number of hydrogen-bond donors (Lipinski definition) is 2. The summed E-state index contributed by atoms with van der Waals surface area (Å²) in [5, 5.41) is 11.4. The number of aliphatic hydroxyl groups excluding tert-OH is 1. The molecule has 0 aromatic carbocycles. The minimum atomic E-state index is -0.531. The minimum Gasteiger partial charge on any atom is -0.389 e. The highest BCUT2D eigenvalue weighted by Gasteiger charge is 2.03. The summed E-state index contributed by atoms with van der Waals surface area (Å²) in [7, 11) is 0. The number of hydroxylamine groups is 1. The van der Waals surface area contributed by atoms with Crippen molar-refractivity contribution in [2.45, 2.75) is 19.6 Å². The zero-order valence-electron chi connectivity index (χ0n) is 8.81. The van der Waals surface area contributed by atoms with Crippen LogP contribution in [0.5, 0.6) is 0 Å². The van der Waals surface area contributed by atoms with Crippen molar-refractivity contribution in [1.29, 1.82) is 0 Å². The van der Waals surface area contributed by atoms with Crippen molar-refractivity contribution in [2.24, 2.45) is 0 Å². The van der Waals surface area contributed by atoms with Crippen molar-refractivity contribution < 1.29 is 14.7 Å². The van der Waals surface area contributed by atoms with E-state index in [1.165, 1.54) is 4.88 Å². The van der Waals surface area contributed by atoms with E-state index in [-0.39, 0.29) is 0 Å². The Kier molecular flexibility index (Phi) is 6.54. The lowest BCUT2D eigenvalue weighted by Gasteiger charge is -2.11. The van der Waals surface area contributed by atoms with E-state index in [2.05, 4.69) is 5.48 Å². The predicted octanol–water partition coefficient (Wildman–Crippen LogP) is 1.17. The lowest BCUT2D eigenvalue weighted by Crippen LogP contribution is -2.30. The molecule has 0 fully saturated rings. The van der Waals surface area contributed by atoms with Gasteiger partial charge in [0.25, 0.3) is 0 Å². The van der Waals surface area contributed by atoms with Crippen molar-refractivity contribution in [3.63, 3.8) is 0 Å². The van der Waals surface area contributed by atoms with Crippen molar-refractivity contribution in [2.75, 3.05) is 19.8 Å². The second-order valence-electron chi connectivity index (χ2n) is 3.03. The van der Waals surface area contributed by atoms with Crippen LogP contribution in [0.25, 0.3) is 0 Å². The normalized spacial score (nSPS) is 12.9. The topological polar surface area (TPSA) is 50.7 Å². The highest BCUT2D eigenvalue weighted by Crippen LogP contribution is 2.09. The second kappa shape index (κ2) is 7.78. The molecule has 1 unspecified atom stereocenters. The van der Waals surface area contributed by atoms with Gasteiger partial charge in [-0.05, 0) is 18.4 Å². The van der Waals surface area contributed by atoms with Gasteiger partial charge in [-0.25, -0.2) is 0 Å². The van der Waals surface area contributed by atoms with E-state index in [0.717, 1.165) is 0 Å². The monoisotopic (exact) mass is 231 g/mol. The molecule has 0 spiro atoms. The van der Waals surface area contributed by atoms with Crippen LogP contribution < -0.4 is 5.48 Å². The first-order valence-corrected chi connectivity index (χ1v) is 5.83. The van der Waals surface area contributed by atoms with Gasteiger partial charge in [-0.3, -0.25) is 0 Å². The standard InChI is InChI=1S/C10H17NO3S/c1-2-14-11-6-9(12)7-13-8-10-4-3-5-15-10/h3-5,9,11-12H,2,6-8H2,1H3. The number of hydrogen-bond acceptors (Lipinski definition) is 5. The van der Waals surface area contributed by atoms with Crippen LogP contribution in [0.2, 0.25) is 0 Å². The molecule has 0 saturated heterocycles. The second-order valence-corrected chi connectivity index (χ2v) is 4.06. The minimum absolute atomic E-state index is 0.317. The largest absolute Gasteiger partial charge is 0.389 e. The first kappa shape index (κ1) is 12.6. The maximum Gasteiger partial charge on any atom is 0.0921 e. The molecule has 86 valence electrons. The Morgan fingerprint density at radius 1 is 1.60 bits per heavy atom. The Morgan fingerprint density at radius 3 is 3.13 bits per heavy atom. The van der Waals surface area contributed by atoms with Gasteiger partial charge in [0.15, 0.2) is 0 Å². The molecule has 1 atom stereocenters. The molecule has 0 aliphatic rings. The van der Waals surface area contributed by atoms with Crippen LogP contribution in [0, 0.1) is 0 Å². The molecule has 15 heavy (non-hydrogen) atoms. The molecule has 1 heterocycles. The molecular weight excluding hydrogens is 214 g/mol. The Morgan fingerprint density at radius 2 is 2.47 bits per heavy atom. The molecule has 1 aromatic rings. The fourth-order valence-corrected chi connectivity index (χ4v) is 1.65. The third-order valence-electron chi connectivity index (χ3n) is 1.70. The maximum atomic E-state index is 9.44. The Hall–Kier alpha value is -0.460. The summed E-state index contributed by atoms with van der Waals surface area (Å²) in [6.45, 7) is 3.73. The summed E-state index contributed by atoms with van der Waals surface area (Å²) in [6.07, 6.45) is -0.531. The summed E-state index contributed by atoms with van der Waals surface area (Å²) in [5.74, 6) is 0. The van der Waals surface area contributed by atoms with E-state index in [9.17, 15) is 5.11 Å². The van der Waals surface area contributed by atoms with E-state index in [1.807, 2.05) is 24.4 Å². The van der Waals surface area contributed by atoms with E-state index >= 15 is 0 Å². The van der Waals surface area contributed by atoms with Gasteiger partial charge >= 0.3 is 0 Å². The Bertz CT molecular complexity index is 241. The number of thiophene rings is 1. The molecule has 4 nitrogen and oxygen atoms in total. The van der Waals surface area contributed by atoms with Gasteiger partial charge in [0.2, 0.25) is 0 Å². The predicted molar refractivity (Wildman–Crippen MR) is 59.6 cm³/mol. The molecule has 0 amide bonds. The molecular formula is C10H17NO3S. The van der Waals surface area contributed by atoms with E-state index in [1.54, 1.807) is 11.3 Å². The summed E-state index contributed by atoms with van der Waals surface area (Å²) < 4.78 is 5.34. The lowest BCUT2D eigenvalue weighted by atomic mass is 10.4. The molecule has 1 rings (SSSR count). The molecule has 0 aliphatic heterocycles. The fourth-order valence-electron chi connectivity index (χ4n) is 1.01. The third-order valence-corrected chi connectivity index (χ3v) is 2.55. The van der Waals surface area contributed by atoms with Crippen LogP contribution in [0.1, 0.15) is 11.8 Å². The average Bonchev–Trinajstić information content (AvgIpc) is 2.71. The number of rotatable bonds is 8. The summed E-state index contributed by atoms with van der Waals surface area (Å²) in [5.41, 5.74) is 2.65. The highest BCUT2D eigenvalue weighted by atomic mass is 32.1. The fraction of sp³-hybridized carbons (Fsp3) is 0.600. The Labute approximate surface area is 93.8 Å². The summed E-state index contributed by atoms with van der Waals surface area (Å²) >= 11 is 1.65. The van der Waals surface area contributed by atoms with Gasteiger partial charge in [0, 0.05) is 11.4 Å². The molecule has 1 aromatic heterocycles. The molecule has 2 N–H and O–H groups in total. The Balaban J connectivity index is 1.99. The highest BCUT2D eigenvalue weighted by molar-refractivity contribution is 7.09. The summed E-state index contributed by atoms with van der Waals surface area (Å²) in [6, 6.07) is 3.99. The number of nitrogens with one attached hydrogen (secondary N) is 1. The lowest BCUT2D eigenvalue weighted by molar-refractivity contribution is -0.0143. The number of aliphatic hydroxyl groups is 1. The quantitative estimate of drug-likeness (QED) is 0.521. The van der Waals surface area contributed by atoms with Gasteiger partial charge in [-0.15, -0.1) is 11.3 Å². The maximum absolute atomic E-state index is 9.44. The van der Waals surface area contributed by atoms with Crippen LogP contribution in [-0.4, -0.2) is 31.0 Å². The smallest absolute Gasteiger partial charge is 0.0921 e. The number of ether oxygens (including phenoxy) is 1. The van der Waals surface area contributed by atoms with Gasteiger partial charge in [-0.1, -0.05) is 6.07 Å². The van der Waals surface area contributed by atoms with Crippen LogP contribution in [0.4, 0.5) is 0 Å². The van der Waals surface area contributed by atoms with Gasteiger partial charge < -0.3 is 14.7 Å². The van der Waals surface area contributed by atoms with Crippen LogP contribution in [0.3, 0.4) is 0 Å². The molecule has 0 bridgehead atoms. The molecule has 5 heteroatoms.